The van der Waals surface area contributed by atoms with Gasteiger partial charge in [0.25, 0.3) is 11.7 Å². The van der Waals surface area contributed by atoms with Crippen LogP contribution >= 0.6 is 0 Å². The summed E-state index contributed by atoms with van der Waals surface area (Å²) in [7, 11) is 1.80. The van der Waals surface area contributed by atoms with Crippen molar-refractivity contribution < 1.29 is 18.7 Å². The molecule has 1 saturated heterocycles. The van der Waals surface area contributed by atoms with E-state index in [2.05, 4.69) is 5.32 Å². The number of hydrogen-bond donors (Lipinski definition) is 1. The molecule has 1 amide bonds. The zero-order chi connectivity index (χ0) is 15.0. The van der Waals surface area contributed by atoms with Gasteiger partial charge in [-0.25, -0.2) is 4.39 Å². The van der Waals surface area contributed by atoms with E-state index in [0.717, 1.165) is 25.5 Å². The van der Waals surface area contributed by atoms with Crippen LogP contribution in [0, 0.1) is 11.7 Å². The number of Topliss-reactive ketones (excluding diaryl/α,β-unsaturated/α-hetero) is 1. The summed E-state index contributed by atoms with van der Waals surface area (Å²) in [5, 5.41) is 2.47. The molecule has 1 N–H and O–H groups in total. The quantitative estimate of drug-likeness (QED) is 0.863. The van der Waals surface area contributed by atoms with Crippen LogP contribution in [0.25, 0.3) is 0 Å². The van der Waals surface area contributed by atoms with Crippen molar-refractivity contribution in [2.45, 2.75) is 12.8 Å². The molecule has 0 aromatic heterocycles. The van der Waals surface area contributed by atoms with E-state index in [1.807, 2.05) is 4.90 Å². The van der Waals surface area contributed by atoms with Crippen molar-refractivity contribution in [3.05, 3.63) is 23.5 Å². The first-order valence-corrected chi connectivity index (χ1v) is 7.04. The molecular formula is C15H17FN2O3. The number of carbonyl (C=O) groups is 2. The van der Waals surface area contributed by atoms with Gasteiger partial charge in [0.15, 0.2) is 0 Å². The second-order valence-electron chi connectivity index (χ2n) is 5.60. The van der Waals surface area contributed by atoms with Gasteiger partial charge in [-0.05, 0) is 30.9 Å². The summed E-state index contributed by atoms with van der Waals surface area (Å²) in [6.45, 7) is 2.16. The topological polar surface area (TPSA) is 58.6 Å². The largest absolute Gasteiger partial charge is 0.381 e. The highest BCUT2D eigenvalue weighted by atomic mass is 19.1. The van der Waals surface area contributed by atoms with Crippen molar-refractivity contribution in [1.29, 1.82) is 0 Å². The first-order chi connectivity index (χ1) is 10.1. The number of amides is 1. The summed E-state index contributed by atoms with van der Waals surface area (Å²) in [5.41, 5.74) is 0.873. The van der Waals surface area contributed by atoms with E-state index in [0.29, 0.717) is 30.4 Å². The monoisotopic (exact) mass is 292 g/mol. The molecule has 1 atom stereocenters. The second-order valence-corrected chi connectivity index (χ2v) is 5.60. The Bertz CT molecular complexity index is 597. The molecule has 1 aromatic rings. The van der Waals surface area contributed by atoms with Crippen molar-refractivity contribution in [2.24, 2.45) is 5.92 Å². The molecule has 2 heterocycles. The van der Waals surface area contributed by atoms with E-state index in [4.69, 9.17) is 4.74 Å². The van der Waals surface area contributed by atoms with Crippen LogP contribution in [0.1, 0.15) is 23.2 Å². The van der Waals surface area contributed by atoms with Crippen molar-refractivity contribution in [1.82, 2.24) is 0 Å². The number of nitrogens with one attached hydrogen (secondary N) is 1. The minimum absolute atomic E-state index is 0.107. The van der Waals surface area contributed by atoms with E-state index >= 15 is 0 Å². The summed E-state index contributed by atoms with van der Waals surface area (Å²) in [6, 6.07) is 2.66. The normalized spacial score (nSPS) is 21.1. The lowest BCUT2D eigenvalue weighted by atomic mass is 10.0. The van der Waals surface area contributed by atoms with Gasteiger partial charge in [-0.2, -0.15) is 0 Å². The number of anilines is 2. The Balaban J connectivity index is 1.80. The van der Waals surface area contributed by atoms with E-state index in [1.165, 1.54) is 6.07 Å². The lowest BCUT2D eigenvalue weighted by Gasteiger charge is -2.28. The summed E-state index contributed by atoms with van der Waals surface area (Å²) in [5.74, 6) is -1.51. The van der Waals surface area contributed by atoms with Gasteiger partial charge in [0.2, 0.25) is 0 Å². The Morgan fingerprint density at radius 3 is 2.95 bits per heavy atom. The molecule has 1 fully saturated rings. The van der Waals surface area contributed by atoms with Gasteiger partial charge >= 0.3 is 0 Å². The Morgan fingerprint density at radius 1 is 1.43 bits per heavy atom. The fraction of sp³-hybridized carbons (Fsp3) is 0.467. The number of halogens is 1. The lowest BCUT2D eigenvalue weighted by molar-refractivity contribution is -0.112. The highest BCUT2D eigenvalue weighted by molar-refractivity contribution is 6.51. The van der Waals surface area contributed by atoms with Gasteiger partial charge < -0.3 is 15.0 Å². The number of rotatable bonds is 3. The highest BCUT2D eigenvalue weighted by Crippen LogP contribution is 2.31. The number of fused-ring (bicyclic) bond motifs is 1. The van der Waals surface area contributed by atoms with Crippen LogP contribution in [0.4, 0.5) is 15.8 Å². The number of nitrogens with zero attached hydrogens (tertiary/aromatic N) is 1. The molecule has 6 heteroatoms. The summed E-state index contributed by atoms with van der Waals surface area (Å²) >= 11 is 0. The molecule has 1 unspecified atom stereocenters. The average Bonchev–Trinajstić information content (AvgIpc) is 2.74. The third-order valence-electron chi connectivity index (χ3n) is 3.98. The second kappa shape index (κ2) is 5.44. The lowest BCUT2D eigenvalue weighted by Crippen LogP contribution is -2.31. The van der Waals surface area contributed by atoms with Crippen LogP contribution in [0.15, 0.2) is 12.1 Å². The minimum atomic E-state index is -0.704. The summed E-state index contributed by atoms with van der Waals surface area (Å²) in [4.78, 5) is 24.7. The van der Waals surface area contributed by atoms with Gasteiger partial charge in [-0.3, -0.25) is 9.59 Å². The molecular weight excluding hydrogens is 275 g/mol. The third kappa shape index (κ3) is 2.63. The van der Waals surface area contributed by atoms with Crippen LogP contribution in [0.2, 0.25) is 0 Å². The highest BCUT2D eigenvalue weighted by Gasteiger charge is 2.30. The van der Waals surface area contributed by atoms with Crippen molar-refractivity contribution in [3.8, 4) is 0 Å². The first kappa shape index (κ1) is 14.0. The Kier molecular flexibility index (Phi) is 3.63. The van der Waals surface area contributed by atoms with Gasteiger partial charge in [0, 0.05) is 20.2 Å². The molecule has 1 aromatic carbocycles. The maximum Gasteiger partial charge on any atom is 0.296 e. The molecule has 3 rings (SSSR count). The predicted molar refractivity (Wildman–Crippen MR) is 76.2 cm³/mol. The zero-order valence-electron chi connectivity index (χ0n) is 11.8. The van der Waals surface area contributed by atoms with E-state index < -0.39 is 17.5 Å². The zero-order valence-corrected chi connectivity index (χ0v) is 11.8. The minimum Gasteiger partial charge on any atom is -0.381 e. The van der Waals surface area contributed by atoms with Crippen LogP contribution in [-0.4, -0.2) is 38.5 Å². The number of ether oxygens (including phenoxy) is 1. The molecule has 112 valence electrons. The van der Waals surface area contributed by atoms with Crippen molar-refractivity contribution in [2.75, 3.05) is 37.0 Å². The Hall–Kier alpha value is -1.95. The first-order valence-electron chi connectivity index (χ1n) is 7.04. The van der Waals surface area contributed by atoms with Crippen LogP contribution in [-0.2, 0) is 9.53 Å². The van der Waals surface area contributed by atoms with E-state index in [1.54, 1.807) is 7.05 Å². The predicted octanol–water partition coefficient (Wildman–Crippen LogP) is 1.82. The van der Waals surface area contributed by atoms with Gasteiger partial charge in [0.1, 0.15) is 5.82 Å². The van der Waals surface area contributed by atoms with Gasteiger partial charge in [0.05, 0.1) is 23.5 Å². The molecule has 0 spiro atoms. The number of hydrogen-bond acceptors (Lipinski definition) is 4. The summed E-state index contributed by atoms with van der Waals surface area (Å²) in [6.07, 6.45) is 2.09. The van der Waals surface area contributed by atoms with E-state index in [-0.39, 0.29) is 5.56 Å². The molecule has 2 aliphatic heterocycles. The fourth-order valence-electron chi connectivity index (χ4n) is 2.88. The van der Waals surface area contributed by atoms with Gasteiger partial charge in [-0.15, -0.1) is 0 Å². The van der Waals surface area contributed by atoms with Crippen LogP contribution in [0.5, 0.6) is 0 Å². The molecule has 0 radical (unpaired) electrons. The van der Waals surface area contributed by atoms with Gasteiger partial charge in [-0.1, -0.05) is 0 Å². The van der Waals surface area contributed by atoms with Crippen molar-refractivity contribution >= 4 is 23.1 Å². The average molecular weight is 292 g/mol. The van der Waals surface area contributed by atoms with E-state index in [9.17, 15) is 14.0 Å². The SMILES string of the molecule is CN(CC1CCCOC1)c1cc2c(cc1F)C(=O)C(=O)N2. The Labute approximate surface area is 122 Å². The maximum absolute atomic E-state index is 14.2. The number of ketones is 1. The third-order valence-corrected chi connectivity index (χ3v) is 3.98. The molecule has 2 aliphatic rings. The smallest absolute Gasteiger partial charge is 0.296 e. The standard InChI is InChI=1S/C15H17FN2O3/c1-18(7-9-3-2-4-21-8-9)13-6-12-10(5-11(13)16)14(19)15(20)17-12/h5-6,9H,2-4,7-8H2,1H3,(H,17,19,20). The van der Waals surface area contributed by atoms with Crippen LogP contribution in [0.3, 0.4) is 0 Å². The van der Waals surface area contributed by atoms with Crippen molar-refractivity contribution in [3.63, 3.8) is 0 Å². The molecule has 0 aliphatic carbocycles. The Morgan fingerprint density at radius 2 is 2.24 bits per heavy atom. The number of carbonyl (C=O) groups excluding carboxylic acids is 2. The number of benzene rings is 1. The molecule has 5 nitrogen and oxygen atoms in total. The maximum atomic E-state index is 14.2. The fourth-order valence-corrected chi connectivity index (χ4v) is 2.88. The van der Waals surface area contributed by atoms with Crippen LogP contribution < -0.4 is 10.2 Å². The summed E-state index contributed by atoms with van der Waals surface area (Å²) < 4.78 is 19.6. The molecule has 0 saturated carbocycles. The molecule has 0 bridgehead atoms. The molecule has 21 heavy (non-hydrogen) atoms.